The van der Waals surface area contributed by atoms with E-state index in [2.05, 4.69) is 42.5 Å². The number of ketones is 2. The first kappa shape index (κ1) is 17.9. The summed E-state index contributed by atoms with van der Waals surface area (Å²) in [6, 6.07) is 34.8. The van der Waals surface area contributed by atoms with Crippen LogP contribution in [0.1, 0.15) is 55.0 Å². The quantitative estimate of drug-likeness (QED) is 0.401. The molecule has 3 aliphatic carbocycles. The van der Waals surface area contributed by atoms with Crippen LogP contribution in [0, 0.1) is 5.92 Å². The molecule has 0 radical (unpaired) electrons. The Morgan fingerprint density at radius 3 is 1.88 bits per heavy atom. The number of fused-ring (bicyclic) bond motifs is 9. The second-order valence-corrected chi connectivity index (χ2v) is 9.18. The molecule has 0 saturated heterocycles. The average Bonchev–Trinajstić information content (AvgIpc) is 3.40. The predicted molar refractivity (Wildman–Crippen MR) is 123 cm³/mol. The molecule has 0 unspecified atom stereocenters. The van der Waals surface area contributed by atoms with Crippen molar-refractivity contribution in [3.63, 3.8) is 0 Å². The van der Waals surface area contributed by atoms with Crippen molar-refractivity contribution in [2.24, 2.45) is 5.92 Å². The lowest BCUT2D eigenvalue weighted by atomic mass is 9.61. The third-order valence-corrected chi connectivity index (χ3v) is 8.01. The fourth-order valence-corrected chi connectivity index (χ4v) is 7.05. The van der Waals surface area contributed by atoms with Crippen LogP contribution >= 0.6 is 0 Å². The van der Waals surface area contributed by atoms with Crippen LogP contribution in [0.4, 0.5) is 0 Å². The molecule has 152 valence electrons. The summed E-state index contributed by atoms with van der Waals surface area (Å²) in [6.45, 7) is 0. The third kappa shape index (κ3) is 1.80. The van der Waals surface area contributed by atoms with Crippen molar-refractivity contribution >= 4 is 11.6 Å². The van der Waals surface area contributed by atoms with E-state index in [1.165, 1.54) is 0 Å². The summed E-state index contributed by atoms with van der Waals surface area (Å²) >= 11 is 0. The Bertz CT molecular complexity index is 1450. The van der Waals surface area contributed by atoms with Crippen LogP contribution in [0.5, 0.6) is 0 Å². The molecule has 0 fully saturated rings. The van der Waals surface area contributed by atoms with Gasteiger partial charge in [0.15, 0.2) is 11.6 Å². The van der Waals surface area contributed by atoms with Gasteiger partial charge in [0.2, 0.25) is 0 Å². The summed E-state index contributed by atoms with van der Waals surface area (Å²) in [5, 5.41) is 0. The maximum atomic E-state index is 14.3. The maximum Gasteiger partial charge on any atom is 0.169 e. The molecule has 4 aromatic carbocycles. The van der Waals surface area contributed by atoms with E-state index < -0.39 is 10.8 Å². The van der Waals surface area contributed by atoms with Crippen molar-refractivity contribution in [1.82, 2.24) is 0 Å². The van der Waals surface area contributed by atoms with Gasteiger partial charge >= 0.3 is 0 Å². The van der Waals surface area contributed by atoms with Gasteiger partial charge in [-0.05, 0) is 27.8 Å². The molecular formula is C30H20O2. The van der Waals surface area contributed by atoms with Gasteiger partial charge in [-0.25, -0.2) is 0 Å². The highest BCUT2D eigenvalue weighted by Gasteiger charge is 2.70. The van der Waals surface area contributed by atoms with Crippen molar-refractivity contribution in [3.05, 3.63) is 142 Å². The van der Waals surface area contributed by atoms with Gasteiger partial charge in [0, 0.05) is 23.0 Å². The average molecular weight is 412 g/mol. The largest absolute Gasteiger partial charge is 0.294 e. The lowest BCUT2D eigenvalue weighted by Crippen LogP contribution is -2.42. The number of carbonyl (C=O) groups excluding carboxylic acids is 2. The number of hydrogen-bond acceptors (Lipinski definition) is 2. The SMILES string of the molecule is O=C1C[C@@]2(c3ccccc31)c1ccccc1[C@]1(c3ccccc3)c3ccccc3C(=O)[C@H]21. The van der Waals surface area contributed by atoms with Gasteiger partial charge in [0.25, 0.3) is 0 Å². The zero-order chi connectivity index (χ0) is 21.5. The van der Waals surface area contributed by atoms with Gasteiger partial charge in [0.05, 0.1) is 11.3 Å². The number of rotatable bonds is 1. The fraction of sp³-hybridized carbons (Fsp3) is 0.133. The van der Waals surface area contributed by atoms with Crippen molar-refractivity contribution < 1.29 is 9.59 Å². The molecule has 32 heavy (non-hydrogen) atoms. The van der Waals surface area contributed by atoms with Gasteiger partial charge in [0.1, 0.15) is 0 Å². The van der Waals surface area contributed by atoms with Crippen LogP contribution in [0.25, 0.3) is 0 Å². The number of Topliss-reactive ketones (excluding diaryl/α,β-unsaturated/α-hetero) is 2. The highest BCUT2D eigenvalue weighted by Crippen LogP contribution is 2.69. The Labute approximate surface area is 186 Å². The maximum absolute atomic E-state index is 14.3. The smallest absolute Gasteiger partial charge is 0.169 e. The second kappa shape index (κ2) is 5.92. The van der Waals surface area contributed by atoms with Crippen LogP contribution in [0.15, 0.2) is 103 Å². The van der Waals surface area contributed by atoms with E-state index in [1.807, 2.05) is 60.7 Å². The van der Waals surface area contributed by atoms with Crippen LogP contribution in [0.3, 0.4) is 0 Å². The highest BCUT2D eigenvalue weighted by atomic mass is 16.1. The summed E-state index contributed by atoms with van der Waals surface area (Å²) in [7, 11) is 0. The topological polar surface area (TPSA) is 34.1 Å². The van der Waals surface area contributed by atoms with E-state index in [-0.39, 0.29) is 17.5 Å². The van der Waals surface area contributed by atoms with Crippen molar-refractivity contribution in [1.29, 1.82) is 0 Å². The zero-order valence-corrected chi connectivity index (χ0v) is 17.4. The van der Waals surface area contributed by atoms with Crippen LogP contribution in [-0.4, -0.2) is 11.6 Å². The minimum Gasteiger partial charge on any atom is -0.294 e. The van der Waals surface area contributed by atoms with Gasteiger partial charge in [-0.15, -0.1) is 0 Å². The van der Waals surface area contributed by atoms with Gasteiger partial charge in [-0.2, -0.15) is 0 Å². The lowest BCUT2D eigenvalue weighted by Gasteiger charge is -2.37. The highest BCUT2D eigenvalue weighted by molar-refractivity contribution is 6.12. The first-order valence-electron chi connectivity index (χ1n) is 11.1. The molecule has 0 aliphatic heterocycles. The van der Waals surface area contributed by atoms with E-state index in [0.717, 1.165) is 38.9 Å². The van der Waals surface area contributed by atoms with Gasteiger partial charge in [-0.3, -0.25) is 9.59 Å². The molecule has 0 aromatic heterocycles. The Morgan fingerprint density at radius 2 is 1.12 bits per heavy atom. The molecule has 2 heteroatoms. The number of benzene rings is 4. The normalized spacial score (nSPS) is 26.7. The Kier molecular flexibility index (Phi) is 3.30. The first-order chi connectivity index (χ1) is 15.7. The number of carbonyl (C=O) groups is 2. The van der Waals surface area contributed by atoms with E-state index in [1.54, 1.807) is 0 Å². The van der Waals surface area contributed by atoms with E-state index in [4.69, 9.17) is 0 Å². The molecule has 0 heterocycles. The van der Waals surface area contributed by atoms with Crippen molar-refractivity contribution in [2.45, 2.75) is 17.3 Å². The van der Waals surface area contributed by atoms with Crippen LogP contribution < -0.4 is 0 Å². The first-order valence-corrected chi connectivity index (χ1v) is 11.1. The summed E-state index contributed by atoms with van der Waals surface area (Å²) in [4.78, 5) is 27.6. The van der Waals surface area contributed by atoms with Crippen LogP contribution in [-0.2, 0) is 10.8 Å². The molecule has 3 aliphatic rings. The molecule has 0 saturated carbocycles. The summed E-state index contributed by atoms with van der Waals surface area (Å²) < 4.78 is 0. The Hall–Kier alpha value is -3.78. The van der Waals surface area contributed by atoms with Gasteiger partial charge in [-0.1, -0.05) is 103 Å². The van der Waals surface area contributed by atoms with Crippen molar-refractivity contribution in [2.75, 3.05) is 0 Å². The van der Waals surface area contributed by atoms with E-state index in [9.17, 15) is 9.59 Å². The molecule has 0 bridgehead atoms. The Morgan fingerprint density at radius 1 is 0.562 bits per heavy atom. The predicted octanol–water partition coefficient (Wildman–Crippen LogP) is 5.72. The van der Waals surface area contributed by atoms with E-state index >= 15 is 0 Å². The molecule has 3 atom stereocenters. The zero-order valence-electron chi connectivity index (χ0n) is 17.4. The standard InChI is InChI=1S/C30H20O2/c31-26-18-29(22-14-6-4-12-20(22)26)24-16-8-9-17-25(24)30(19-10-2-1-3-11-19)23-15-7-5-13-21(23)27(32)28(29)30/h1-17,28H,18H2/t28-,29-,30+/m1/s1. The summed E-state index contributed by atoms with van der Waals surface area (Å²) in [5.74, 6) is -0.118. The molecule has 0 amide bonds. The minimum atomic E-state index is -0.657. The fourth-order valence-electron chi connectivity index (χ4n) is 7.05. The Balaban J connectivity index is 1.69. The molecule has 0 N–H and O–H groups in total. The second-order valence-electron chi connectivity index (χ2n) is 9.18. The molecule has 2 nitrogen and oxygen atoms in total. The van der Waals surface area contributed by atoms with Gasteiger partial charge < -0.3 is 0 Å². The summed E-state index contributed by atoms with van der Waals surface area (Å²) in [6.07, 6.45) is 0.336. The third-order valence-electron chi connectivity index (χ3n) is 8.01. The van der Waals surface area contributed by atoms with E-state index in [0.29, 0.717) is 6.42 Å². The molecule has 7 rings (SSSR count). The molecule has 1 spiro atoms. The molecular weight excluding hydrogens is 392 g/mol. The van der Waals surface area contributed by atoms with Crippen LogP contribution in [0.2, 0.25) is 0 Å². The minimum absolute atomic E-state index is 0.128. The van der Waals surface area contributed by atoms with Crippen molar-refractivity contribution in [3.8, 4) is 0 Å². The number of hydrogen-bond donors (Lipinski definition) is 0. The monoisotopic (exact) mass is 412 g/mol. The lowest BCUT2D eigenvalue weighted by molar-refractivity contribution is 0.0849. The molecule has 4 aromatic rings. The summed E-state index contributed by atoms with van der Waals surface area (Å²) in [5.41, 5.74) is 5.73.